The molecule has 2 atom stereocenters. The van der Waals surface area contributed by atoms with Crippen LogP contribution in [-0.2, 0) is 6.42 Å². The Balaban J connectivity index is 2.04. The van der Waals surface area contributed by atoms with E-state index in [0.29, 0.717) is 11.3 Å². The van der Waals surface area contributed by atoms with Crippen LogP contribution in [0, 0.1) is 0 Å². The van der Waals surface area contributed by atoms with Gasteiger partial charge in [0.1, 0.15) is 5.75 Å². The van der Waals surface area contributed by atoms with Crippen LogP contribution < -0.4 is 16.0 Å². The Morgan fingerprint density at radius 3 is 3.00 bits per heavy atom. The van der Waals surface area contributed by atoms with Gasteiger partial charge in [0.25, 0.3) is 0 Å². The maximum absolute atomic E-state index is 5.69. The van der Waals surface area contributed by atoms with Gasteiger partial charge >= 0.3 is 0 Å². The molecule has 0 aliphatic carbocycles. The number of thioether (sulfide) groups is 1. The first kappa shape index (κ1) is 14.2. The molecule has 2 unspecified atom stereocenters. The molecule has 0 amide bonds. The van der Waals surface area contributed by atoms with E-state index in [9.17, 15) is 0 Å². The standard InChI is InChI=1S/C13H19BrN2OS/c1-17-12-5-4-9(7-10(12)14)8-11(16-15)13-3-2-6-18-13/h4-5,7,11,13,16H,2-3,6,8,15H2,1H3. The second-order valence-electron chi connectivity index (χ2n) is 4.50. The highest BCUT2D eigenvalue weighted by atomic mass is 79.9. The van der Waals surface area contributed by atoms with E-state index in [4.69, 9.17) is 10.6 Å². The summed E-state index contributed by atoms with van der Waals surface area (Å²) in [4.78, 5) is 0. The summed E-state index contributed by atoms with van der Waals surface area (Å²) in [5.74, 6) is 7.82. The van der Waals surface area contributed by atoms with Crippen LogP contribution in [0.3, 0.4) is 0 Å². The summed E-state index contributed by atoms with van der Waals surface area (Å²) >= 11 is 5.55. The van der Waals surface area contributed by atoms with Gasteiger partial charge < -0.3 is 4.74 Å². The number of nitrogens with two attached hydrogens (primary N) is 1. The summed E-state index contributed by atoms with van der Waals surface area (Å²) in [6.45, 7) is 0. The van der Waals surface area contributed by atoms with Gasteiger partial charge in [0.2, 0.25) is 0 Å². The van der Waals surface area contributed by atoms with Crippen molar-refractivity contribution in [2.24, 2.45) is 5.84 Å². The van der Waals surface area contributed by atoms with Crippen molar-refractivity contribution in [3.63, 3.8) is 0 Å². The molecule has 0 saturated carbocycles. The number of nitrogens with one attached hydrogen (secondary N) is 1. The van der Waals surface area contributed by atoms with Crippen molar-refractivity contribution in [1.29, 1.82) is 0 Å². The average Bonchev–Trinajstić information content (AvgIpc) is 2.90. The van der Waals surface area contributed by atoms with E-state index in [1.807, 2.05) is 17.8 Å². The predicted octanol–water partition coefficient (Wildman–Crippen LogP) is 2.73. The number of halogens is 1. The van der Waals surface area contributed by atoms with Crippen molar-refractivity contribution in [3.8, 4) is 5.75 Å². The molecule has 2 rings (SSSR count). The van der Waals surface area contributed by atoms with Gasteiger partial charge in [-0.05, 0) is 58.6 Å². The summed E-state index contributed by atoms with van der Waals surface area (Å²) in [6, 6.07) is 6.56. The minimum absolute atomic E-state index is 0.345. The average molecular weight is 331 g/mol. The lowest BCUT2D eigenvalue weighted by molar-refractivity contribution is 0.411. The summed E-state index contributed by atoms with van der Waals surface area (Å²) in [5.41, 5.74) is 4.25. The van der Waals surface area contributed by atoms with E-state index in [1.165, 1.54) is 24.2 Å². The molecule has 0 radical (unpaired) electrons. The third-order valence-electron chi connectivity index (χ3n) is 3.30. The minimum Gasteiger partial charge on any atom is -0.496 e. The molecule has 1 aliphatic heterocycles. The molecule has 100 valence electrons. The molecule has 3 nitrogen and oxygen atoms in total. The van der Waals surface area contributed by atoms with Crippen molar-refractivity contribution in [3.05, 3.63) is 28.2 Å². The minimum atomic E-state index is 0.345. The van der Waals surface area contributed by atoms with Gasteiger partial charge in [-0.25, -0.2) is 0 Å². The third kappa shape index (κ3) is 3.41. The number of hydrogen-bond acceptors (Lipinski definition) is 4. The number of rotatable bonds is 5. The van der Waals surface area contributed by atoms with Crippen LogP contribution in [0.5, 0.6) is 5.75 Å². The lowest BCUT2D eigenvalue weighted by Gasteiger charge is -2.22. The first-order valence-corrected chi connectivity index (χ1v) is 7.99. The van der Waals surface area contributed by atoms with E-state index in [2.05, 4.69) is 33.5 Å². The molecular weight excluding hydrogens is 312 g/mol. The van der Waals surface area contributed by atoms with Gasteiger partial charge in [0, 0.05) is 11.3 Å². The van der Waals surface area contributed by atoms with Crippen molar-refractivity contribution >= 4 is 27.7 Å². The fraction of sp³-hybridized carbons (Fsp3) is 0.538. The quantitative estimate of drug-likeness (QED) is 0.643. The Kier molecular flexibility index (Phi) is 5.36. The van der Waals surface area contributed by atoms with Crippen molar-refractivity contribution in [1.82, 2.24) is 5.43 Å². The smallest absolute Gasteiger partial charge is 0.133 e. The molecule has 1 aromatic rings. The van der Waals surface area contributed by atoms with Crippen LogP contribution in [0.2, 0.25) is 0 Å². The fourth-order valence-electron chi connectivity index (χ4n) is 2.31. The Morgan fingerprint density at radius 1 is 1.61 bits per heavy atom. The van der Waals surface area contributed by atoms with Crippen LogP contribution in [0.1, 0.15) is 18.4 Å². The second-order valence-corrected chi connectivity index (χ2v) is 6.70. The zero-order valence-electron chi connectivity index (χ0n) is 10.5. The van der Waals surface area contributed by atoms with Crippen LogP contribution in [0.15, 0.2) is 22.7 Å². The monoisotopic (exact) mass is 330 g/mol. The number of hydrazine groups is 1. The molecule has 1 saturated heterocycles. The highest BCUT2D eigenvalue weighted by Crippen LogP contribution is 2.31. The molecule has 0 aromatic heterocycles. The van der Waals surface area contributed by atoms with Crippen LogP contribution in [-0.4, -0.2) is 24.2 Å². The highest BCUT2D eigenvalue weighted by molar-refractivity contribution is 9.10. The summed E-state index contributed by atoms with van der Waals surface area (Å²) in [7, 11) is 1.68. The van der Waals surface area contributed by atoms with Gasteiger partial charge in [-0.1, -0.05) is 6.07 Å². The number of hydrogen-bond donors (Lipinski definition) is 2. The first-order valence-electron chi connectivity index (χ1n) is 6.14. The fourth-order valence-corrected chi connectivity index (χ4v) is 4.27. The van der Waals surface area contributed by atoms with Crippen LogP contribution in [0.4, 0.5) is 0 Å². The van der Waals surface area contributed by atoms with Crippen molar-refractivity contribution < 1.29 is 4.74 Å². The summed E-state index contributed by atoms with van der Waals surface area (Å²) in [6.07, 6.45) is 3.52. The Labute approximate surface area is 121 Å². The zero-order chi connectivity index (χ0) is 13.0. The molecular formula is C13H19BrN2OS. The van der Waals surface area contributed by atoms with Gasteiger partial charge in [0.15, 0.2) is 0 Å². The number of methoxy groups -OCH3 is 1. The molecule has 0 spiro atoms. The Morgan fingerprint density at radius 2 is 2.44 bits per heavy atom. The van der Waals surface area contributed by atoms with E-state index in [0.717, 1.165) is 16.6 Å². The largest absolute Gasteiger partial charge is 0.496 e. The molecule has 1 aliphatic rings. The number of benzene rings is 1. The molecule has 1 heterocycles. The summed E-state index contributed by atoms with van der Waals surface area (Å²) in [5, 5.41) is 0.635. The van der Waals surface area contributed by atoms with Gasteiger partial charge in [-0.2, -0.15) is 11.8 Å². The molecule has 3 N–H and O–H groups in total. The highest BCUT2D eigenvalue weighted by Gasteiger charge is 2.25. The first-order chi connectivity index (χ1) is 8.74. The second kappa shape index (κ2) is 6.80. The van der Waals surface area contributed by atoms with Gasteiger partial charge in [0.05, 0.1) is 11.6 Å². The van der Waals surface area contributed by atoms with Crippen LogP contribution in [0.25, 0.3) is 0 Å². The SMILES string of the molecule is COc1ccc(CC(NN)C2CCCS2)cc1Br. The van der Waals surface area contributed by atoms with Gasteiger partial charge in [-0.15, -0.1) is 0 Å². The maximum atomic E-state index is 5.69. The summed E-state index contributed by atoms with van der Waals surface area (Å²) < 4.78 is 6.24. The Hall–Kier alpha value is -0.230. The van der Waals surface area contributed by atoms with Crippen molar-refractivity contribution in [2.45, 2.75) is 30.6 Å². The third-order valence-corrected chi connectivity index (χ3v) is 5.44. The van der Waals surface area contributed by atoms with E-state index < -0.39 is 0 Å². The normalized spacial score (nSPS) is 20.9. The molecule has 1 aromatic carbocycles. The Bertz CT molecular complexity index is 397. The molecule has 0 bridgehead atoms. The number of ether oxygens (including phenoxy) is 1. The lowest BCUT2D eigenvalue weighted by Crippen LogP contribution is -2.43. The lowest BCUT2D eigenvalue weighted by atomic mass is 10.0. The van der Waals surface area contributed by atoms with E-state index >= 15 is 0 Å². The van der Waals surface area contributed by atoms with Crippen LogP contribution >= 0.6 is 27.7 Å². The van der Waals surface area contributed by atoms with E-state index in [1.54, 1.807) is 7.11 Å². The topological polar surface area (TPSA) is 47.3 Å². The molecule has 18 heavy (non-hydrogen) atoms. The van der Waals surface area contributed by atoms with Gasteiger partial charge in [-0.3, -0.25) is 11.3 Å². The zero-order valence-corrected chi connectivity index (χ0v) is 12.9. The molecule has 1 fully saturated rings. The predicted molar refractivity (Wildman–Crippen MR) is 81.0 cm³/mol. The van der Waals surface area contributed by atoms with E-state index in [-0.39, 0.29) is 0 Å². The van der Waals surface area contributed by atoms with Crippen molar-refractivity contribution in [2.75, 3.05) is 12.9 Å². The molecule has 5 heteroatoms. The maximum Gasteiger partial charge on any atom is 0.133 e.